The first-order chi connectivity index (χ1) is 10.7. The van der Waals surface area contributed by atoms with Crippen molar-refractivity contribution in [1.29, 1.82) is 0 Å². The van der Waals surface area contributed by atoms with Crippen LogP contribution in [-0.4, -0.2) is 34.1 Å². The molecule has 2 rings (SSSR count). The average Bonchev–Trinajstić information content (AvgIpc) is 2.48. The lowest BCUT2D eigenvalue weighted by Crippen LogP contribution is -2.62. The predicted molar refractivity (Wildman–Crippen MR) is 94.1 cm³/mol. The van der Waals surface area contributed by atoms with Gasteiger partial charge in [0.15, 0.2) is 0 Å². The quantitative estimate of drug-likeness (QED) is 0.676. The van der Waals surface area contributed by atoms with Crippen molar-refractivity contribution in [3.05, 3.63) is 11.6 Å². The average molecular weight is 325 g/mol. The molecule has 0 spiro atoms. The van der Waals surface area contributed by atoms with Gasteiger partial charge in [-0.3, -0.25) is 0 Å². The van der Waals surface area contributed by atoms with Crippen molar-refractivity contribution in [2.75, 3.05) is 13.2 Å². The molecule has 3 N–H and O–H groups in total. The molecule has 3 nitrogen and oxygen atoms in total. The number of hydrogen-bond donors (Lipinski definition) is 3. The van der Waals surface area contributed by atoms with Crippen LogP contribution in [0.3, 0.4) is 0 Å². The minimum atomic E-state index is -0.683. The lowest BCUT2D eigenvalue weighted by Gasteiger charge is -2.63. The summed E-state index contributed by atoms with van der Waals surface area (Å²) < 4.78 is 0. The van der Waals surface area contributed by atoms with Gasteiger partial charge in [-0.1, -0.05) is 40.2 Å². The van der Waals surface area contributed by atoms with E-state index in [1.54, 1.807) is 6.08 Å². The molecule has 0 unspecified atom stereocenters. The van der Waals surface area contributed by atoms with Crippen molar-refractivity contribution in [1.82, 2.24) is 0 Å². The second kappa shape index (κ2) is 6.85. The Morgan fingerprint density at radius 3 is 2.43 bits per heavy atom. The van der Waals surface area contributed by atoms with Gasteiger partial charge in [-0.05, 0) is 66.8 Å². The first kappa shape index (κ1) is 19.0. The zero-order valence-electron chi connectivity index (χ0n) is 15.4. The molecule has 0 aliphatic heterocycles. The summed E-state index contributed by atoms with van der Waals surface area (Å²) in [5.41, 5.74) is 0.402. The maximum absolute atomic E-state index is 11.8. The van der Waals surface area contributed by atoms with E-state index in [1.807, 2.05) is 0 Å². The van der Waals surface area contributed by atoms with Crippen LogP contribution < -0.4 is 0 Å². The molecule has 0 aromatic rings. The van der Waals surface area contributed by atoms with Gasteiger partial charge in [0.25, 0.3) is 0 Å². The largest absolute Gasteiger partial charge is 0.392 e. The van der Waals surface area contributed by atoms with Gasteiger partial charge >= 0.3 is 0 Å². The Balaban J connectivity index is 2.27. The Labute approximate surface area is 141 Å². The number of aliphatic hydroxyl groups excluding tert-OH is 2. The molecule has 0 amide bonds. The van der Waals surface area contributed by atoms with Crippen LogP contribution in [-0.2, 0) is 0 Å². The number of fused-ring (bicyclic) bond motifs is 1. The molecule has 0 heterocycles. The highest BCUT2D eigenvalue weighted by atomic mass is 16.3. The third-order valence-electron chi connectivity index (χ3n) is 7.33. The highest BCUT2D eigenvalue weighted by Crippen LogP contribution is 2.63. The van der Waals surface area contributed by atoms with Gasteiger partial charge in [0.2, 0.25) is 0 Å². The van der Waals surface area contributed by atoms with Gasteiger partial charge in [0, 0.05) is 0 Å². The van der Waals surface area contributed by atoms with Crippen molar-refractivity contribution in [3.8, 4) is 0 Å². The van der Waals surface area contributed by atoms with Gasteiger partial charge in [-0.2, -0.15) is 0 Å². The van der Waals surface area contributed by atoms with E-state index in [0.29, 0.717) is 24.2 Å². The molecule has 2 aliphatic carbocycles. The molecule has 3 heteroatoms. The molecule has 0 saturated heterocycles. The smallest absolute Gasteiger partial charge is 0.0732 e. The fraction of sp³-hybridized carbons (Fsp3) is 0.900. The highest BCUT2D eigenvalue weighted by molar-refractivity contribution is 5.13. The highest BCUT2D eigenvalue weighted by Gasteiger charge is 2.60. The van der Waals surface area contributed by atoms with E-state index in [0.717, 1.165) is 18.4 Å². The van der Waals surface area contributed by atoms with Gasteiger partial charge < -0.3 is 15.3 Å². The molecule has 134 valence electrons. The van der Waals surface area contributed by atoms with Crippen LogP contribution >= 0.6 is 0 Å². The Hall–Kier alpha value is -0.380. The minimum absolute atomic E-state index is 0.0311. The van der Waals surface area contributed by atoms with Crippen molar-refractivity contribution >= 4 is 0 Å². The molecule has 0 radical (unpaired) electrons. The summed E-state index contributed by atoms with van der Waals surface area (Å²) in [5.74, 6) is 0.844. The fourth-order valence-electron chi connectivity index (χ4n) is 5.83. The zero-order valence-corrected chi connectivity index (χ0v) is 15.4. The van der Waals surface area contributed by atoms with Crippen LogP contribution in [0.5, 0.6) is 0 Å². The Morgan fingerprint density at radius 2 is 1.83 bits per heavy atom. The third kappa shape index (κ3) is 3.25. The monoisotopic (exact) mass is 324 g/mol. The topological polar surface area (TPSA) is 60.7 Å². The molecule has 2 aliphatic rings. The van der Waals surface area contributed by atoms with E-state index in [4.69, 9.17) is 5.11 Å². The van der Waals surface area contributed by atoms with Crippen LogP contribution in [0.2, 0.25) is 0 Å². The summed E-state index contributed by atoms with van der Waals surface area (Å²) in [4.78, 5) is 0. The SMILES string of the molecule is C[C@@H]1CC[C@H]2C(C)(C)CCC[C@@]2(C)[C@@]1(O)CC/C(=C/CO)CO. The Bertz CT molecular complexity index is 442. The second-order valence-electron chi connectivity index (χ2n) is 8.92. The standard InChI is InChI=1S/C20H36O3/c1-15-6-7-17-18(2,3)10-5-11-19(17,4)20(15,23)12-8-16(14-22)9-13-21/h9,15,17,21-23H,5-8,10-14H2,1-4H3/b16-9-/t15-,17+,19-,20-/m1/s1. The molecule has 2 fully saturated rings. The van der Waals surface area contributed by atoms with Crippen molar-refractivity contribution in [3.63, 3.8) is 0 Å². The van der Waals surface area contributed by atoms with Gasteiger partial charge in [-0.15, -0.1) is 0 Å². The number of aliphatic hydroxyl groups is 3. The molecular weight excluding hydrogens is 288 g/mol. The van der Waals surface area contributed by atoms with E-state index < -0.39 is 5.60 Å². The zero-order chi connectivity index (χ0) is 17.3. The maximum Gasteiger partial charge on any atom is 0.0732 e. The second-order valence-corrected chi connectivity index (χ2v) is 8.92. The lowest BCUT2D eigenvalue weighted by molar-refractivity contribution is -0.211. The third-order valence-corrected chi connectivity index (χ3v) is 7.33. The Morgan fingerprint density at radius 1 is 1.13 bits per heavy atom. The minimum Gasteiger partial charge on any atom is -0.392 e. The summed E-state index contributed by atoms with van der Waals surface area (Å²) >= 11 is 0. The van der Waals surface area contributed by atoms with E-state index in [-0.39, 0.29) is 24.5 Å². The number of rotatable bonds is 5. The van der Waals surface area contributed by atoms with Crippen LogP contribution in [0.1, 0.15) is 72.6 Å². The fourth-order valence-corrected chi connectivity index (χ4v) is 5.83. The van der Waals surface area contributed by atoms with Crippen molar-refractivity contribution in [2.45, 2.75) is 78.2 Å². The molecule has 2 saturated carbocycles. The van der Waals surface area contributed by atoms with E-state index in [9.17, 15) is 10.2 Å². The molecule has 0 bridgehead atoms. The molecular formula is C20H36O3. The first-order valence-electron chi connectivity index (χ1n) is 9.33. The van der Waals surface area contributed by atoms with Gasteiger partial charge in [0.05, 0.1) is 18.8 Å². The summed E-state index contributed by atoms with van der Waals surface area (Å²) in [6, 6.07) is 0. The van der Waals surface area contributed by atoms with Crippen LogP contribution in [0.4, 0.5) is 0 Å². The molecule has 0 aromatic heterocycles. The van der Waals surface area contributed by atoms with E-state index in [2.05, 4.69) is 27.7 Å². The number of hydrogen-bond acceptors (Lipinski definition) is 3. The predicted octanol–water partition coefficient (Wildman–Crippen LogP) is 3.67. The van der Waals surface area contributed by atoms with E-state index >= 15 is 0 Å². The summed E-state index contributed by atoms with van der Waals surface area (Å²) in [5, 5.41) is 30.3. The summed E-state index contributed by atoms with van der Waals surface area (Å²) in [6.07, 6.45) is 8.87. The molecule has 0 aromatic carbocycles. The Kier molecular flexibility index (Phi) is 5.65. The normalized spacial score (nSPS) is 40.7. The lowest BCUT2D eigenvalue weighted by atomic mass is 9.44. The molecule has 4 atom stereocenters. The van der Waals surface area contributed by atoms with Gasteiger partial charge in [-0.25, -0.2) is 0 Å². The summed E-state index contributed by atoms with van der Waals surface area (Å²) in [7, 11) is 0. The van der Waals surface area contributed by atoms with E-state index in [1.165, 1.54) is 19.3 Å². The summed E-state index contributed by atoms with van der Waals surface area (Å²) in [6.45, 7) is 9.17. The van der Waals surface area contributed by atoms with Crippen molar-refractivity contribution < 1.29 is 15.3 Å². The first-order valence-corrected chi connectivity index (χ1v) is 9.33. The van der Waals surface area contributed by atoms with Crippen LogP contribution in [0, 0.1) is 22.7 Å². The van der Waals surface area contributed by atoms with Crippen LogP contribution in [0.25, 0.3) is 0 Å². The van der Waals surface area contributed by atoms with Gasteiger partial charge in [0.1, 0.15) is 0 Å². The van der Waals surface area contributed by atoms with Crippen LogP contribution in [0.15, 0.2) is 11.6 Å². The molecule has 23 heavy (non-hydrogen) atoms. The van der Waals surface area contributed by atoms with Crippen molar-refractivity contribution in [2.24, 2.45) is 22.7 Å². The maximum atomic E-state index is 11.8.